The molecule has 5 heteroatoms. The van der Waals surface area contributed by atoms with Crippen LogP contribution in [0.25, 0.3) is 0 Å². The van der Waals surface area contributed by atoms with Crippen LogP contribution >= 0.6 is 0 Å². The minimum Gasteiger partial charge on any atom is -0.480 e. The highest BCUT2D eigenvalue weighted by Crippen LogP contribution is 2.35. The topological polar surface area (TPSA) is 61.8 Å². The summed E-state index contributed by atoms with van der Waals surface area (Å²) >= 11 is 0. The summed E-state index contributed by atoms with van der Waals surface area (Å²) in [6, 6.07) is 0.786. The van der Waals surface area contributed by atoms with Gasteiger partial charge in [-0.05, 0) is 58.4 Å². The number of nitrogens with zero attached hydrogens (tertiary/aromatic N) is 1. The van der Waals surface area contributed by atoms with Crippen LogP contribution in [-0.4, -0.2) is 59.9 Å². The Labute approximate surface area is 127 Å². The highest BCUT2D eigenvalue weighted by Gasteiger charge is 2.46. The van der Waals surface area contributed by atoms with E-state index in [1.54, 1.807) is 0 Å². The van der Waals surface area contributed by atoms with E-state index in [-0.39, 0.29) is 0 Å². The molecule has 0 bridgehead atoms. The van der Waals surface area contributed by atoms with Gasteiger partial charge in [-0.3, -0.25) is 10.1 Å². The smallest absolute Gasteiger partial charge is 0.323 e. The zero-order valence-electron chi connectivity index (χ0n) is 13.0. The minimum absolute atomic E-state index is 0.340. The van der Waals surface area contributed by atoms with Gasteiger partial charge in [0, 0.05) is 25.2 Å². The van der Waals surface area contributed by atoms with Gasteiger partial charge in [0.25, 0.3) is 0 Å². The Kier molecular flexibility index (Phi) is 4.52. The molecule has 0 radical (unpaired) electrons. The highest BCUT2D eigenvalue weighted by atomic mass is 16.5. The predicted molar refractivity (Wildman–Crippen MR) is 80.4 cm³/mol. The fourth-order valence-corrected chi connectivity index (χ4v) is 3.89. The SMILES string of the molecule is CN(CC1CCCO1)C1CCCC(NC2CC2)(C(=O)O)C1. The molecule has 2 saturated carbocycles. The van der Waals surface area contributed by atoms with Gasteiger partial charge >= 0.3 is 5.97 Å². The van der Waals surface area contributed by atoms with Gasteiger partial charge in [0.2, 0.25) is 0 Å². The van der Waals surface area contributed by atoms with Crippen LogP contribution < -0.4 is 5.32 Å². The number of likely N-dealkylation sites (N-methyl/N-ethyl adjacent to an activating group) is 1. The van der Waals surface area contributed by atoms with Crippen LogP contribution in [0, 0.1) is 0 Å². The quantitative estimate of drug-likeness (QED) is 0.780. The van der Waals surface area contributed by atoms with Crippen LogP contribution in [0.2, 0.25) is 0 Å². The van der Waals surface area contributed by atoms with E-state index in [4.69, 9.17) is 4.74 Å². The lowest BCUT2D eigenvalue weighted by Gasteiger charge is -2.42. The first-order chi connectivity index (χ1) is 10.1. The fourth-order valence-electron chi connectivity index (χ4n) is 3.89. The summed E-state index contributed by atoms with van der Waals surface area (Å²) in [7, 11) is 2.13. The summed E-state index contributed by atoms with van der Waals surface area (Å²) in [5, 5.41) is 13.2. The molecule has 0 aromatic heterocycles. The number of nitrogens with one attached hydrogen (secondary N) is 1. The van der Waals surface area contributed by atoms with Gasteiger partial charge in [-0.25, -0.2) is 0 Å². The molecule has 3 atom stereocenters. The molecular formula is C16H28N2O3. The lowest BCUT2D eigenvalue weighted by atomic mass is 9.78. The molecule has 120 valence electrons. The Morgan fingerprint density at radius 3 is 2.76 bits per heavy atom. The average Bonchev–Trinajstić information content (AvgIpc) is 3.12. The summed E-state index contributed by atoms with van der Waals surface area (Å²) < 4.78 is 5.71. The Hall–Kier alpha value is -0.650. The number of carbonyl (C=O) groups is 1. The first-order valence-electron chi connectivity index (χ1n) is 8.42. The molecule has 3 aliphatic rings. The van der Waals surface area contributed by atoms with Crippen molar-refractivity contribution in [3.8, 4) is 0 Å². The van der Waals surface area contributed by atoms with E-state index in [1.165, 1.54) is 0 Å². The number of ether oxygens (including phenoxy) is 1. The predicted octanol–water partition coefficient (Wildman–Crippen LogP) is 1.62. The monoisotopic (exact) mass is 296 g/mol. The van der Waals surface area contributed by atoms with Crippen LogP contribution in [0.4, 0.5) is 0 Å². The van der Waals surface area contributed by atoms with Gasteiger partial charge in [0.15, 0.2) is 0 Å². The van der Waals surface area contributed by atoms with Crippen LogP contribution in [-0.2, 0) is 9.53 Å². The number of aliphatic carboxylic acids is 1. The Bertz CT molecular complexity index is 380. The Morgan fingerprint density at radius 1 is 1.33 bits per heavy atom. The van der Waals surface area contributed by atoms with Crippen molar-refractivity contribution in [2.75, 3.05) is 20.2 Å². The van der Waals surface area contributed by atoms with E-state index >= 15 is 0 Å². The van der Waals surface area contributed by atoms with Crippen molar-refractivity contribution in [3.05, 3.63) is 0 Å². The van der Waals surface area contributed by atoms with Crippen molar-refractivity contribution < 1.29 is 14.6 Å². The summed E-state index contributed by atoms with van der Waals surface area (Å²) in [4.78, 5) is 14.2. The summed E-state index contributed by atoms with van der Waals surface area (Å²) in [6.07, 6.45) is 8.49. The van der Waals surface area contributed by atoms with Crippen molar-refractivity contribution >= 4 is 5.97 Å². The van der Waals surface area contributed by atoms with E-state index < -0.39 is 11.5 Å². The van der Waals surface area contributed by atoms with Gasteiger partial charge in [-0.2, -0.15) is 0 Å². The molecule has 21 heavy (non-hydrogen) atoms. The molecule has 3 unspecified atom stereocenters. The number of hydrogen-bond acceptors (Lipinski definition) is 4. The van der Waals surface area contributed by atoms with Crippen LogP contribution in [0.3, 0.4) is 0 Å². The second-order valence-electron chi connectivity index (χ2n) is 7.13. The van der Waals surface area contributed by atoms with Gasteiger partial charge < -0.3 is 14.7 Å². The minimum atomic E-state index is -0.700. The highest BCUT2D eigenvalue weighted by molar-refractivity contribution is 5.79. The Morgan fingerprint density at radius 2 is 2.14 bits per heavy atom. The maximum absolute atomic E-state index is 11.8. The lowest BCUT2D eigenvalue weighted by molar-refractivity contribution is -0.147. The summed E-state index contributed by atoms with van der Waals surface area (Å²) in [5.41, 5.74) is -0.700. The molecule has 2 aliphatic carbocycles. The van der Waals surface area contributed by atoms with Crippen LogP contribution in [0.1, 0.15) is 51.4 Å². The number of carboxylic acid groups (broad SMARTS) is 1. The van der Waals surface area contributed by atoms with Crippen molar-refractivity contribution in [2.24, 2.45) is 0 Å². The van der Waals surface area contributed by atoms with E-state index in [2.05, 4.69) is 17.3 Å². The second-order valence-corrected chi connectivity index (χ2v) is 7.13. The Balaban J connectivity index is 1.61. The van der Waals surface area contributed by atoms with Crippen LogP contribution in [0.15, 0.2) is 0 Å². The van der Waals surface area contributed by atoms with Crippen molar-refractivity contribution in [2.45, 2.75) is 75.1 Å². The third-order valence-electron chi connectivity index (χ3n) is 5.33. The zero-order chi connectivity index (χ0) is 14.9. The standard InChI is InChI=1S/C16H28N2O3/c1-18(11-14-5-3-9-21-14)13-4-2-8-16(10-13,15(19)20)17-12-6-7-12/h12-14,17H,2-11H2,1H3,(H,19,20). The van der Waals surface area contributed by atoms with Gasteiger partial charge in [0.05, 0.1) is 6.10 Å². The molecule has 5 nitrogen and oxygen atoms in total. The molecule has 3 rings (SSSR count). The third kappa shape index (κ3) is 3.58. The normalized spacial score (nSPS) is 37.0. The molecule has 1 saturated heterocycles. The number of rotatable bonds is 6. The molecular weight excluding hydrogens is 268 g/mol. The maximum Gasteiger partial charge on any atom is 0.323 e. The van der Waals surface area contributed by atoms with E-state index in [0.29, 0.717) is 18.2 Å². The van der Waals surface area contributed by atoms with Gasteiger partial charge in [-0.1, -0.05) is 0 Å². The van der Waals surface area contributed by atoms with Crippen LogP contribution in [0.5, 0.6) is 0 Å². The summed E-state index contributed by atoms with van der Waals surface area (Å²) in [5.74, 6) is -0.662. The molecule has 1 heterocycles. The molecule has 0 amide bonds. The maximum atomic E-state index is 11.8. The number of carboxylic acids is 1. The largest absolute Gasteiger partial charge is 0.480 e. The first kappa shape index (κ1) is 15.3. The molecule has 1 aliphatic heterocycles. The van der Waals surface area contributed by atoms with Crippen molar-refractivity contribution in [1.29, 1.82) is 0 Å². The first-order valence-corrected chi connectivity index (χ1v) is 8.42. The van der Waals surface area contributed by atoms with Gasteiger partial charge in [0.1, 0.15) is 5.54 Å². The van der Waals surface area contributed by atoms with Crippen molar-refractivity contribution in [3.63, 3.8) is 0 Å². The molecule has 3 fully saturated rings. The summed E-state index contributed by atoms with van der Waals surface area (Å²) in [6.45, 7) is 1.81. The number of hydrogen-bond donors (Lipinski definition) is 2. The third-order valence-corrected chi connectivity index (χ3v) is 5.33. The van der Waals surface area contributed by atoms with Gasteiger partial charge in [-0.15, -0.1) is 0 Å². The van der Waals surface area contributed by atoms with Crippen molar-refractivity contribution in [1.82, 2.24) is 10.2 Å². The average molecular weight is 296 g/mol. The lowest BCUT2D eigenvalue weighted by Crippen LogP contribution is -2.59. The second kappa shape index (κ2) is 6.23. The molecule has 0 aromatic carbocycles. The molecule has 0 spiro atoms. The fraction of sp³-hybridized carbons (Fsp3) is 0.938. The zero-order valence-corrected chi connectivity index (χ0v) is 13.0. The van der Waals surface area contributed by atoms with E-state index in [1.807, 2.05) is 0 Å². The molecule has 2 N–H and O–H groups in total. The van der Waals surface area contributed by atoms with E-state index in [0.717, 1.165) is 64.5 Å². The molecule has 0 aromatic rings. The van der Waals surface area contributed by atoms with E-state index in [9.17, 15) is 9.90 Å².